The number of rotatable bonds is 4. The van der Waals surface area contributed by atoms with Gasteiger partial charge < -0.3 is 9.73 Å². The van der Waals surface area contributed by atoms with Crippen molar-refractivity contribution in [3.63, 3.8) is 0 Å². The highest BCUT2D eigenvalue weighted by molar-refractivity contribution is 7.18. The number of hydrogen-bond acceptors (Lipinski definition) is 6. The molecule has 3 aromatic rings. The van der Waals surface area contributed by atoms with Gasteiger partial charge in [-0.1, -0.05) is 11.3 Å². The number of nitrogens with zero attached hydrogens (tertiary/aromatic N) is 3. The number of amides is 2. The number of hydrogen-bond donors (Lipinski definition) is 3. The van der Waals surface area contributed by atoms with Crippen LogP contribution in [-0.2, 0) is 19.4 Å². The summed E-state index contributed by atoms with van der Waals surface area (Å²) in [7, 11) is 0. The summed E-state index contributed by atoms with van der Waals surface area (Å²) < 4.78 is 5.24. The van der Waals surface area contributed by atoms with E-state index in [0.717, 1.165) is 25.0 Å². The predicted molar refractivity (Wildman–Crippen MR) is 84.1 cm³/mol. The summed E-state index contributed by atoms with van der Waals surface area (Å²) in [6.07, 6.45) is 4.77. The molecule has 0 atom stereocenters. The van der Waals surface area contributed by atoms with Gasteiger partial charge in [0.25, 0.3) is 0 Å². The zero-order valence-electron chi connectivity index (χ0n) is 12.1. The van der Waals surface area contributed by atoms with E-state index in [1.807, 2.05) is 0 Å². The van der Waals surface area contributed by atoms with Crippen molar-refractivity contribution in [1.82, 2.24) is 25.7 Å². The maximum absolute atomic E-state index is 12.0. The number of carbonyl (C=O) groups is 1. The SMILES string of the molecule is O=C(NCc1n[nH]c2c1CCC2)Nc1nnc(-c2ccco2)s1. The zero-order valence-corrected chi connectivity index (χ0v) is 12.9. The highest BCUT2D eigenvalue weighted by atomic mass is 32.1. The molecule has 0 aliphatic heterocycles. The number of aryl methyl sites for hydroxylation is 1. The average Bonchev–Trinajstić information content (AvgIpc) is 3.29. The van der Waals surface area contributed by atoms with Gasteiger partial charge in [-0.05, 0) is 37.0 Å². The number of furan rings is 1. The normalized spacial score (nSPS) is 13.0. The molecule has 0 radical (unpaired) electrons. The molecule has 0 fully saturated rings. The fraction of sp³-hybridized carbons (Fsp3) is 0.286. The number of anilines is 1. The summed E-state index contributed by atoms with van der Waals surface area (Å²) in [5.74, 6) is 0.628. The van der Waals surface area contributed by atoms with Crippen LogP contribution < -0.4 is 10.6 Å². The highest BCUT2D eigenvalue weighted by Crippen LogP contribution is 2.26. The minimum atomic E-state index is -0.332. The van der Waals surface area contributed by atoms with Crippen molar-refractivity contribution in [2.24, 2.45) is 0 Å². The fourth-order valence-corrected chi connectivity index (χ4v) is 3.32. The number of fused-ring (bicyclic) bond motifs is 1. The van der Waals surface area contributed by atoms with E-state index in [2.05, 4.69) is 31.0 Å². The second-order valence-electron chi connectivity index (χ2n) is 5.18. The van der Waals surface area contributed by atoms with Crippen LogP contribution in [0.1, 0.15) is 23.4 Å². The van der Waals surface area contributed by atoms with E-state index in [-0.39, 0.29) is 6.03 Å². The molecule has 3 heterocycles. The van der Waals surface area contributed by atoms with E-state index >= 15 is 0 Å². The second-order valence-corrected chi connectivity index (χ2v) is 6.16. The molecular formula is C14H14N6O2S. The van der Waals surface area contributed by atoms with Crippen molar-refractivity contribution in [3.8, 4) is 10.8 Å². The first kappa shape index (κ1) is 13.9. The molecule has 0 saturated carbocycles. The van der Waals surface area contributed by atoms with Crippen LogP contribution in [0.25, 0.3) is 10.8 Å². The molecule has 2 amide bonds. The summed E-state index contributed by atoms with van der Waals surface area (Å²) in [5.41, 5.74) is 3.33. The summed E-state index contributed by atoms with van der Waals surface area (Å²) in [6, 6.07) is 3.24. The third-order valence-corrected chi connectivity index (χ3v) is 4.54. The van der Waals surface area contributed by atoms with E-state index in [1.54, 1.807) is 18.4 Å². The van der Waals surface area contributed by atoms with E-state index < -0.39 is 0 Å². The van der Waals surface area contributed by atoms with Gasteiger partial charge in [0.05, 0.1) is 18.5 Å². The van der Waals surface area contributed by atoms with Gasteiger partial charge in [0.2, 0.25) is 5.13 Å². The van der Waals surface area contributed by atoms with Crippen LogP contribution in [0.5, 0.6) is 0 Å². The Balaban J connectivity index is 1.35. The molecule has 0 saturated heterocycles. The smallest absolute Gasteiger partial charge is 0.321 e. The van der Waals surface area contributed by atoms with Crippen LogP contribution in [0.2, 0.25) is 0 Å². The Labute approximate surface area is 135 Å². The molecule has 0 unspecified atom stereocenters. The van der Waals surface area contributed by atoms with Crippen LogP contribution >= 0.6 is 11.3 Å². The quantitative estimate of drug-likeness (QED) is 0.680. The van der Waals surface area contributed by atoms with E-state index in [9.17, 15) is 4.79 Å². The molecule has 4 rings (SSSR count). The minimum Gasteiger partial charge on any atom is -0.462 e. The first-order valence-electron chi connectivity index (χ1n) is 7.27. The lowest BCUT2D eigenvalue weighted by Gasteiger charge is -2.04. The van der Waals surface area contributed by atoms with Crippen molar-refractivity contribution < 1.29 is 9.21 Å². The summed E-state index contributed by atoms with van der Waals surface area (Å²) in [6.45, 7) is 0.390. The lowest BCUT2D eigenvalue weighted by molar-refractivity contribution is 0.251. The first-order valence-corrected chi connectivity index (χ1v) is 8.08. The Morgan fingerprint density at radius 3 is 3.22 bits per heavy atom. The monoisotopic (exact) mass is 330 g/mol. The molecular weight excluding hydrogens is 316 g/mol. The molecule has 118 valence electrons. The van der Waals surface area contributed by atoms with E-state index in [4.69, 9.17) is 4.42 Å². The standard InChI is InChI=1S/C14H14N6O2S/c21-13(15-7-10-8-3-1-4-9(8)17-18-10)16-14-20-19-12(23-14)11-5-2-6-22-11/h2,5-6H,1,3-4,7H2,(H,17,18)(H2,15,16,20,21). The molecule has 1 aliphatic rings. The van der Waals surface area contributed by atoms with E-state index in [0.29, 0.717) is 22.4 Å². The van der Waals surface area contributed by atoms with Gasteiger partial charge in [-0.3, -0.25) is 10.4 Å². The number of nitrogens with one attached hydrogen (secondary N) is 3. The van der Waals surface area contributed by atoms with E-state index in [1.165, 1.54) is 22.6 Å². The molecule has 3 N–H and O–H groups in total. The fourth-order valence-electron chi connectivity index (χ4n) is 2.61. The average molecular weight is 330 g/mol. The molecule has 23 heavy (non-hydrogen) atoms. The molecule has 0 bridgehead atoms. The second kappa shape index (κ2) is 5.84. The van der Waals surface area contributed by atoms with Crippen LogP contribution in [0.3, 0.4) is 0 Å². The summed E-state index contributed by atoms with van der Waals surface area (Å²) >= 11 is 1.25. The topological polar surface area (TPSA) is 109 Å². The molecule has 8 nitrogen and oxygen atoms in total. The lowest BCUT2D eigenvalue weighted by Crippen LogP contribution is -2.28. The van der Waals surface area contributed by atoms with Crippen molar-refractivity contribution in [2.75, 3.05) is 5.32 Å². The number of urea groups is 1. The maximum atomic E-state index is 12.0. The zero-order chi connectivity index (χ0) is 15.6. The van der Waals surface area contributed by atoms with Crippen molar-refractivity contribution in [3.05, 3.63) is 35.3 Å². The highest BCUT2D eigenvalue weighted by Gasteiger charge is 2.18. The van der Waals surface area contributed by atoms with Crippen molar-refractivity contribution in [2.45, 2.75) is 25.8 Å². The van der Waals surface area contributed by atoms with Gasteiger partial charge in [-0.15, -0.1) is 10.2 Å². The Hall–Kier alpha value is -2.68. The number of H-pyrrole nitrogens is 1. The molecule has 1 aliphatic carbocycles. The van der Waals surface area contributed by atoms with Gasteiger partial charge in [0.15, 0.2) is 10.8 Å². The van der Waals surface area contributed by atoms with Crippen LogP contribution in [-0.4, -0.2) is 26.4 Å². The Morgan fingerprint density at radius 2 is 2.35 bits per heavy atom. The summed E-state index contributed by atoms with van der Waals surface area (Å²) in [4.78, 5) is 12.0. The van der Waals surface area contributed by atoms with Gasteiger partial charge in [-0.2, -0.15) is 5.10 Å². The molecule has 0 spiro atoms. The Bertz CT molecular complexity index is 822. The number of aromatic nitrogens is 4. The van der Waals surface area contributed by atoms with Crippen molar-refractivity contribution >= 4 is 22.5 Å². The van der Waals surface area contributed by atoms with Crippen LogP contribution in [0.4, 0.5) is 9.93 Å². The van der Waals surface area contributed by atoms with Gasteiger partial charge >= 0.3 is 6.03 Å². The van der Waals surface area contributed by atoms with Crippen LogP contribution in [0.15, 0.2) is 22.8 Å². The third kappa shape index (κ3) is 2.82. The predicted octanol–water partition coefficient (Wildman–Crippen LogP) is 2.33. The van der Waals surface area contributed by atoms with Crippen LogP contribution in [0, 0.1) is 0 Å². The van der Waals surface area contributed by atoms with Crippen molar-refractivity contribution in [1.29, 1.82) is 0 Å². The molecule has 3 aromatic heterocycles. The minimum absolute atomic E-state index is 0.332. The number of carbonyl (C=O) groups excluding carboxylic acids is 1. The lowest BCUT2D eigenvalue weighted by atomic mass is 10.2. The largest absolute Gasteiger partial charge is 0.462 e. The van der Waals surface area contributed by atoms with Gasteiger partial charge in [0, 0.05) is 5.69 Å². The third-order valence-electron chi connectivity index (χ3n) is 3.69. The van der Waals surface area contributed by atoms with Gasteiger partial charge in [0.1, 0.15) is 0 Å². The maximum Gasteiger partial charge on any atom is 0.321 e. The number of aromatic amines is 1. The Kier molecular flexibility index (Phi) is 3.54. The Morgan fingerprint density at radius 1 is 1.39 bits per heavy atom. The summed E-state index contributed by atoms with van der Waals surface area (Å²) in [5, 5.41) is 21.7. The molecule has 0 aromatic carbocycles. The molecule has 9 heteroatoms. The first-order chi connectivity index (χ1) is 11.3. The van der Waals surface area contributed by atoms with Gasteiger partial charge in [-0.25, -0.2) is 4.79 Å².